The Kier molecular flexibility index (Phi) is 10.5. The SMILES string of the molecule is CCOc1ccc(N(CC(=O)NCCCSCc2ccccc2Cl)S(=O)(=O)c2ccc(F)cc2)cc1. The van der Waals surface area contributed by atoms with Crippen LogP contribution in [0.15, 0.2) is 77.7 Å². The molecule has 0 heterocycles. The van der Waals surface area contributed by atoms with Crippen molar-refractivity contribution in [2.45, 2.75) is 24.0 Å². The first-order valence-electron chi connectivity index (χ1n) is 11.4. The number of halogens is 2. The Bertz CT molecular complexity index is 1240. The number of hydrogen-bond acceptors (Lipinski definition) is 5. The number of anilines is 1. The van der Waals surface area contributed by atoms with Crippen LogP contribution < -0.4 is 14.4 Å². The van der Waals surface area contributed by atoms with E-state index in [4.69, 9.17) is 16.3 Å². The monoisotopic (exact) mass is 550 g/mol. The number of nitrogens with zero attached hydrogens (tertiary/aromatic N) is 1. The fourth-order valence-corrected chi connectivity index (χ4v) is 5.98. The number of carbonyl (C=O) groups excluding carboxylic acids is 1. The first-order chi connectivity index (χ1) is 17.3. The summed E-state index contributed by atoms with van der Waals surface area (Å²) in [6, 6.07) is 18.6. The molecule has 0 saturated carbocycles. The lowest BCUT2D eigenvalue weighted by Crippen LogP contribution is -2.41. The number of rotatable bonds is 13. The number of thioether (sulfide) groups is 1. The molecule has 0 saturated heterocycles. The normalized spacial score (nSPS) is 11.2. The molecule has 192 valence electrons. The maximum Gasteiger partial charge on any atom is 0.264 e. The summed E-state index contributed by atoms with van der Waals surface area (Å²) in [6.45, 7) is 2.30. The number of amides is 1. The summed E-state index contributed by atoms with van der Waals surface area (Å²) in [5.41, 5.74) is 1.36. The third-order valence-electron chi connectivity index (χ3n) is 5.13. The van der Waals surface area contributed by atoms with E-state index in [0.29, 0.717) is 31.0 Å². The Morgan fingerprint density at radius 3 is 2.42 bits per heavy atom. The maximum atomic E-state index is 13.4. The summed E-state index contributed by atoms with van der Waals surface area (Å²) in [5, 5.41) is 3.52. The number of ether oxygens (including phenoxy) is 1. The lowest BCUT2D eigenvalue weighted by atomic mass is 10.2. The van der Waals surface area contributed by atoms with Crippen LogP contribution in [0.2, 0.25) is 5.02 Å². The molecule has 3 aromatic carbocycles. The van der Waals surface area contributed by atoms with Gasteiger partial charge in [0.1, 0.15) is 18.1 Å². The molecule has 0 aromatic heterocycles. The Hall–Kier alpha value is -2.75. The van der Waals surface area contributed by atoms with Crippen molar-refractivity contribution >= 4 is 45.0 Å². The second kappa shape index (κ2) is 13.5. The maximum absolute atomic E-state index is 13.4. The van der Waals surface area contributed by atoms with Gasteiger partial charge in [-0.25, -0.2) is 12.8 Å². The highest BCUT2D eigenvalue weighted by Crippen LogP contribution is 2.26. The van der Waals surface area contributed by atoms with Crippen molar-refractivity contribution < 1.29 is 22.3 Å². The topological polar surface area (TPSA) is 75.7 Å². The average molecular weight is 551 g/mol. The Balaban J connectivity index is 1.61. The van der Waals surface area contributed by atoms with E-state index in [2.05, 4.69) is 5.32 Å². The summed E-state index contributed by atoms with van der Waals surface area (Å²) in [4.78, 5) is 12.6. The minimum Gasteiger partial charge on any atom is -0.494 e. The molecule has 3 rings (SSSR count). The molecule has 0 spiro atoms. The van der Waals surface area contributed by atoms with E-state index < -0.39 is 28.3 Å². The fraction of sp³-hybridized carbons (Fsp3) is 0.269. The van der Waals surface area contributed by atoms with Crippen LogP contribution in [0.5, 0.6) is 5.75 Å². The van der Waals surface area contributed by atoms with Gasteiger partial charge in [0.05, 0.1) is 17.2 Å². The van der Waals surface area contributed by atoms with Crippen LogP contribution in [0.4, 0.5) is 10.1 Å². The van der Waals surface area contributed by atoms with Crippen LogP contribution in [-0.2, 0) is 20.6 Å². The van der Waals surface area contributed by atoms with Crippen LogP contribution in [0.3, 0.4) is 0 Å². The molecule has 0 aliphatic rings. The van der Waals surface area contributed by atoms with Gasteiger partial charge in [-0.1, -0.05) is 29.8 Å². The molecule has 0 radical (unpaired) electrons. The second-order valence-electron chi connectivity index (χ2n) is 7.74. The number of sulfonamides is 1. The molecule has 3 aromatic rings. The molecule has 0 bridgehead atoms. The molecule has 1 amide bonds. The van der Waals surface area contributed by atoms with Gasteiger partial charge in [0, 0.05) is 17.3 Å². The van der Waals surface area contributed by atoms with E-state index in [9.17, 15) is 17.6 Å². The van der Waals surface area contributed by atoms with Crippen LogP contribution in [0, 0.1) is 5.82 Å². The largest absolute Gasteiger partial charge is 0.494 e. The van der Waals surface area contributed by atoms with Gasteiger partial charge < -0.3 is 10.1 Å². The van der Waals surface area contributed by atoms with E-state index in [-0.39, 0.29) is 4.90 Å². The fourth-order valence-electron chi connectivity index (χ4n) is 3.31. The van der Waals surface area contributed by atoms with Crippen molar-refractivity contribution in [1.29, 1.82) is 0 Å². The van der Waals surface area contributed by atoms with E-state index in [0.717, 1.165) is 38.5 Å². The van der Waals surface area contributed by atoms with Gasteiger partial charge in [-0.3, -0.25) is 9.10 Å². The van der Waals surface area contributed by atoms with Gasteiger partial charge in [0.2, 0.25) is 5.91 Å². The number of carbonyl (C=O) groups is 1. The molecule has 0 atom stereocenters. The van der Waals surface area contributed by atoms with Gasteiger partial charge in [-0.15, -0.1) is 0 Å². The summed E-state index contributed by atoms with van der Waals surface area (Å²) < 4.78 is 46.5. The molecular weight excluding hydrogens is 523 g/mol. The zero-order valence-electron chi connectivity index (χ0n) is 19.8. The molecule has 0 unspecified atom stereocenters. The average Bonchev–Trinajstić information content (AvgIpc) is 2.86. The molecule has 0 aliphatic heterocycles. The highest BCUT2D eigenvalue weighted by molar-refractivity contribution is 7.98. The predicted octanol–water partition coefficient (Wildman–Crippen LogP) is 5.51. The van der Waals surface area contributed by atoms with Crippen LogP contribution in [-0.4, -0.2) is 39.8 Å². The van der Waals surface area contributed by atoms with Gasteiger partial charge >= 0.3 is 0 Å². The number of hydrogen-bond donors (Lipinski definition) is 1. The van der Waals surface area contributed by atoms with Crippen molar-refractivity contribution in [3.63, 3.8) is 0 Å². The Morgan fingerprint density at radius 2 is 1.75 bits per heavy atom. The zero-order chi connectivity index (χ0) is 26.0. The summed E-state index contributed by atoms with van der Waals surface area (Å²) in [5.74, 6) is 1.17. The second-order valence-corrected chi connectivity index (χ2v) is 11.1. The van der Waals surface area contributed by atoms with E-state index >= 15 is 0 Å². The lowest BCUT2D eigenvalue weighted by Gasteiger charge is -2.24. The Labute approximate surface area is 220 Å². The molecule has 0 fully saturated rings. The standard InChI is InChI=1S/C26H28ClFN2O4S2/c1-2-34-23-12-10-22(11-13-23)30(36(32,33)24-14-8-21(28)9-15-24)18-26(31)29-16-5-17-35-19-20-6-3-4-7-25(20)27/h3-4,6-15H,2,5,16-19H2,1H3,(H,29,31). The third-order valence-corrected chi connectivity index (χ3v) is 8.38. The van der Waals surface area contributed by atoms with E-state index in [1.165, 1.54) is 12.1 Å². The predicted molar refractivity (Wildman–Crippen MR) is 144 cm³/mol. The first-order valence-corrected chi connectivity index (χ1v) is 14.4. The van der Waals surface area contributed by atoms with Crippen LogP contribution >= 0.6 is 23.4 Å². The van der Waals surface area contributed by atoms with Crippen molar-refractivity contribution in [2.75, 3.05) is 29.8 Å². The minimum atomic E-state index is -4.12. The van der Waals surface area contributed by atoms with Crippen LogP contribution in [0.25, 0.3) is 0 Å². The lowest BCUT2D eigenvalue weighted by molar-refractivity contribution is -0.119. The highest BCUT2D eigenvalue weighted by Gasteiger charge is 2.27. The molecule has 6 nitrogen and oxygen atoms in total. The number of benzene rings is 3. The van der Waals surface area contributed by atoms with Gasteiger partial charge in [0.25, 0.3) is 10.0 Å². The van der Waals surface area contributed by atoms with Crippen molar-refractivity contribution in [2.24, 2.45) is 0 Å². The summed E-state index contributed by atoms with van der Waals surface area (Å²) in [6.07, 6.45) is 0.717. The van der Waals surface area contributed by atoms with Crippen LogP contribution in [0.1, 0.15) is 18.9 Å². The van der Waals surface area contributed by atoms with Crippen molar-refractivity contribution in [3.05, 3.63) is 89.2 Å². The molecule has 0 aliphatic carbocycles. The molecule has 1 N–H and O–H groups in total. The zero-order valence-corrected chi connectivity index (χ0v) is 22.2. The van der Waals surface area contributed by atoms with E-state index in [1.54, 1.807) is 36.0 Å². The van der Waals surface area contributed by atoms with Crippen molar-refractivity contribution in [1.82, 2.24) is 5.32 Å². The quantitative estimate of drug-likeness (QED) is 0.284. The molecule has 36 heavy (non-hydrogen) atoms. The minimum absolute atomic E-state index is 0.110. The summed E-state index contributed by atoms with van der Waals surface area (Å²) in [7, 11) is -4.12. The Morgan fingerprint density at radius 1 is 1.06 bits per heavy atom. The third kappa shape index (κ3) is 7.88. The highest BCUT2D eigenvalue weighted by atomic mass is 35.5. The molecule has 10 heteroatoms. The van der Waals surface area contributed by atoms with Gasteiger partial charge in [-0.2, -0.15) is 11.8 Å². The summed E-state index contributed by atoms with van der Waals surface area (Å²) >= 11 is 7.87. The molecular formula is C26H28ClFN2O4S2. The van der Waals surface area contributed by atoms with Gasteiger partial charge in [0.15, 0.2) is 0 Å². The van der Waals surface area contributed by atoms with Gasteiger partial charge in [-0.05, 0) is 79.3 Å². The number of nitrogens with one attached hydrogen (secondary N) is 1. The van der Waals surface area contributed by atoms with E-state index in [1.807, 2.05) is 31.2 Å². The van der Waals surface area contributed by atoms with Crippen molar-refractivity contribution in [3.8, 4) is 5.75 Å². The first kappa shape index (κ1) is 27.8. The smallest absolute Gasteiger partial charge is 0.264 e.